The summed E-state index contributed by atoms with van der Waals surface area (Å²) in [6, 6.07) is 9.33. The van der Waals surface area contributed by atoms with Crippen LogP contribution in [0.3, 0.4) is 0 Å². The van der Waals surface area contributed by atoms with E-state index >= 15 is 0 Å². The molecule has 8 heteroatoms. The van der Waals surface area contributed by atoms with E-state index in [-0.39, 0.29) is 21.5 Å². The predicted molar refractivity (Wildman–Crippen MR) is 98.4 cm³/mol. The summed E-state index contributed by atoms with van der Waals surface area (Å²) in [7, 11) is -3.87. The van der Waals surface area contributed by atoms with E-state index in [1.165, 1.54) is 36.4 Å². The third-order valence-corrected chi connectivity index (χ3v) is 5.91. The number of nitrogens with zero attached hydrogens (tertiary/aromatic N) is 1. The maximum absolute atomic E-state index is 13.2. The molecule has 1 aliphatic heterocycles. The standard InChI is InChI=1S/C18H18ClFN2O3S/c19-16-12-14(6-9-17(16)20)21-26(24,25)15-7-4-13(5-8-15)18(23)22-10-2-1-3-11-22/h4-9,12,21H,1-3,10-11H2. The molecular weight excluding hydrogens is 379 g/mol. The highest BCUT2D eigenvalue weighted by atomic mass is 35.5. The molecule has 0 atom stereocenters. The van der Waals surface area contributed by atoms with Gasteiger partial charge in [-0.1, -0.05) is 11.6 Å². The van der Waals surface area contributed by atoms with Crippen molar-refractivity contribution in [3.8, 4) is 0 Å². The van der Waals surface area contributed by atoms with E-state index < -0.39 is 15.8 Å². The van der Waals surface area contributed by atoms with E-state index in [0.717, 1.165) is 38.4 Å². The maximum Gasteiger partial charge on any atom is 0.261 e. The van der Waals surface area contributed by atoms with E-state index in [9.17, 15) is 17.6 Å². The average Bonchev–Trinajstić information content (AvgIpc) is 2.65. The highest BCUT2D eigenvalue weighted by Gasteiger charge is 2.20. The van der Waals surface area contributed by atoms with Crippen LogP contribution in [0.15, 0.2) is 47.4 Å². The molecule has 0 saturated carbocycles. The van der Waals surface area contributed by atoms with Gasteiger partial charge < -0.3 is 4.90 Å². The minimum Gasteiger partial charge on any atom is -0.339 e. The number of benzene rings is 2. The van der Waals surface area contributed by atoms with E-state index in [4.69, 9.17) is 11.6 Å². The summed E-state index contributed by atoms with van der Waals surface area (Å²) in [5.74, 6) is -0.720. The molecule has 138 valence electrons. The van der Waals surface area contributed by atoms with E-state index in [2.05, 4.69) is 4.72 Å². The second-order valence-electron chi connectivity index (χ2n) is 6.11. The number of piperidine rings is 1. The Labute approximate surface area is 156 Å². The fraction of sp³-hybridized carbons (Fsp3) is 0.278. The SMILES string of the molecule is O=C(c1ccc(S(=O)(=O)Nc2ccc(F)c(Cl)c2)cc1)N1CCCCC1. The molecule has 0 bridgehead atoms. The zero-order valence-electron chi connectivity index (χ0n) is 13.9. The minimum atomic E-state index is -3.87. The molecule has 1 saturated heterocycles. The van der Waals surface area contributed by atoms with Crippen LogP contribution in [0, 0.1) is 5.82 Å². The molecule has 1 aliphatic rings. The number of nitrogens with one attached hydrogen (secondary N) is 1. The molecule has 1 N–H and O–H groups in total. The number of hydrogen-bond donors (Lipinski definition) is 1. The molecule has 0 spiro atoms. The first-order valence-corrected chi connectivity index (χ1v) is 10.1. The first-order valence-electron chi connectivity index (χ1n) is 8.24. The fourth-order valence-corrected chi connectivity index (χ4v) is 4.06. The molecule has 0 aromatic heterocycles. The van der Waals surface area contributed by atoms with Crippen LogP contribution in [0.25, 0.3) is 0 Å². The Balaban J connectivity index is 1.76. The monoisotopic (exact) mass is 396 g/mol. The molecule has 2 aromatic rings. The highest BCUT2D eigenvalue weighted by molar-refractivity contribution is 7.92. The Morgan fingerprint density at radius 2 is 1.69 bits per heavy atom. The maximum atomic E-state index is 13.2. The summed E-state index contributed by atoms with van der Waals surface area (Å²) in [4.78, 5) is 14.2. The van der Waals surface area contributed by atoms with E-state index in [1.54, 1.807) is 4.90 Å². The van der Waals surface area contributed by atoms with Crippen molar-refractivity contribution in [2.75, 3.05) is 17.8 Å². The lowest BCUT2D eigenvalue weighted by Gasteiger charge is -2.26. The van der Waals surface area contributed by atoms with Gasteiger partial charge in [0.15, 0.2) is 0 Å². The highest BCUT2D eigenvalue weighted by Crippen LogP contribution is 2.22. The van der Waals surface area contributed by atoms with Crippen molar-refractivity contribution in [1.29, 1.82) is 0 Å². The normalized spacial score (nSPS) is 14.9. The lowest BCUT2D eigenvalue weighted by atomic mass is 10.1. The van der Waals surface area contributed by atoms with Crippen LogP contribution in [-0.4, -0.2) is 32.3 Å². The molecule has 3 rings (SSSR count). The van der Waals surface area contributed by atoms with Crippen molar-refractivity contribution >= 4 is 33.2 Å². The van der Waals surface area contributed by atoms with Crippen LogP contribution >= 0.6 is 11.6 Å². The first-order chi connectivity index (χ1) is 12.4. The van der Waals surface area contributed by atoms with Crippen molar-refractivity contribution in [2.24, 2.45) is 0 Å². The molecule has 1 heterocycles. The van der Waals surface area contributed by atoms with Crippen LogP contribution in [0.5, 0.6) is 0 Å². The second kappa shape index (κ2) is 7.63. The summed E-state index contributed by atoms with van der Waals surface area (Å²) >= 11 is 5.67. The number of rotatable bonds is 4. The molecule has 2 aromatic carbocycles. The van der Waals surface area contributed by atoms with Crippen LogP contribution in [0.1, 0.15) is 29.6 Å². The van der Waals surface area contributed by atoms with Gasteiger partial charge in [-0.15, -0.1) is 0 Å². The predicted octanol–water partition coefficient (Wildman–Crippen LogP) is 3.91. The topological polar surface area (TPSA) is 66.5 Å². The summed E-state index contributed by atoms with van der Waals surface area (Å²) in [5, 5.41) is -0.173. The number of anilines is 1. The number of sulfonamides is 1. The van der Waals surface area contributed by atoms with Crippen LogP contribution in [0.4, 0.5) is 10.1 Å². The Kier molecular flexibility index (Phi) is 5.48. The molecule has 0 aliphatic carbocycles. The van der Waals surface area contributed by atoms with E-state index in [0.29, 0.717) is 5.56 Å². The number of likely N-dealkylation sites (tertiary alicyclic amines) is 1. The van der Waals surface area contributed by atoms with Gasteiger partial charge in [0.2, 0.25) is 0 Å². The zero-order valence-corrected chi connectivity index (χ0v) is 15.5. The number of halogens is 2. The van der Waals surface area contributed by atoms with Gasteiger partial charge in [0.05, 0.1) is 15.6 Å². The smallest absolute Gasteiger partial charge is 0.261 e. The number of carbonyl (C=O) groups is 1. The fourth-order valence-electron chi connectivity index (χ4n) is 2.83. The van der Waals surface area contributed by atoms with Gasteiger partial charge in [-0.3, -0.25) is 9.52 Å². The molecule has 1 fully saturated rings. The molecule has 26 heavy (non-hydrogen) atoms. The molecule has 0 radical (unpaired) electrons. The number of amides is 1. The lowest BCUT2D eigenvalue weighted by Crippen LogP contribution is -2.35. The Morgan fingerprint density at radius 1 is 1.04 bits per heavy atom. The molecule has 0 unspecified atom stereocenters. The van der Waals surface area contributed by atoms with Gasteiger partial charge in [-0.05, 0) is 61.7 Å². The van der Waals surface area contributed by atoms with Crippen LogP contribution in [0.2, 0.25) is 5.02 Å². The number of carbonyl (C=O) groups excluding carboxylic acids is 1. The molecule has 1 amide bonds. The van der Waals surface area contributed by atoms with Gasteiger partial charge in [-0.25, -0.2) is 12.8 Å². The minimum absolute atomic E-state index is 0.00754. The van der Waals surface area contributed by atoms with Crippen LogP contribution < -0.4 is 4.72 Å². The van der Waals surface area contributed by atoms with Crippen molar-refractivity contribution in [2.45, 2.75) is 24.2 Å². The Bertz CT molecular complexity index is 911. The summed E-state index contributed by atoms with van der Waals surface area (Å²) in [6.07, 6.45) is 3.10. The van der Waals surface area contributed by atoms with Gasteiger partial charge in [0.25, 0.3) is 15.9 Å². The van der Waals surface area contributed by atoms with Crippen molar-refractivity contribution in [3.63, 3.8) is 0 Å². The van der Waals surface area contributed by atoms with E-state index in [1.807, 2.05) is 0 Å². The summed E-state index contributed by atoms with van der Waals surface area (Å²) < 4.78 is 40.4. The van der Waals surface area contributed by atoms with Crippen molar-refractivity contribution in [1.82, 2.24) is 4.90 Å². The first kappa shape index (κ1) is 18.7. The van der Waals surface area contributed by atoms with Gasteiger partial charge >= 0.3 is 0 Å². The van der Waals surface area contributed by atoms with Gasteiger partial charge in [0, 0.05) is 18.7 Å². The average molecular weight is 397 g/mol. The Morgan fingerprint density at radius 3 is 2.31 bits per heavy atom. The third kappa shape index (κ3) is 4.16. The largest absolute Gasteiger partial charge is 0.339 e. The lowest BCUT2D eigenvalue weighted by molar-refractivity contribution is 0.0724. The molecular formula is C18H18ClFN2O3S. The summed E-state index contributed by atoms with van der Waals surface area (Å²) in [5.41, 5.74) is 0.612. The second-order valence-corrected chi connectivity index (χ2v) is 8.20. The quantitative estimate of drug-likeness (QED) is 0.852. The molecule has 5 nitrogen and oxygen atoms in total. The van der Waals surface area contributed by atoms with Crippen molar-refractivity contribution in [3.05, 3.63) is 58.9 Å². The summed E-state index contributed by atoms with van der Waals surface area (Å²) in [6.45, 7) is 1.46. The third-order valence-electron chi connectivity index (χ3n) is 4.23. The Hall–Kier alpha value is -2.12. The van der Waals surface area contributed by atoms with Crippen LogP contribution in [-0.2, 0) is 10.0 Å². The van der Waals surface area contributed by atoms with Gasteiger partial charge in [0.1, 0.15) is 5.82 Å². The zero-order chi connectivity index (χ0) is 18.7. The van der Waals surface area contributed by atoms with Crippen molar-refractivity contribution < 1.29 is 17.6 Å². The number of hydrogen-bond acceptors (Lipinski definition) is 3. The van der Waals surface area contributed by atoms with Gasteiger partial charge in [-0.2, -0.15) is 0 Å².